The number of non-ortho nitro benzene ring substituents is 1. The van der Waals surface area contributed by atoms with Crippen LogP contribution in [0.3, 0.4) is 0 Å². The topological polar surface area (TPSA) is 110 Å². The maximum Gasteiger partial charge on any atom is 0.505 e. The van der Waals surface area contributed by atoms with E-state index in [1.54, 1.807) is 24.3 Å². The number of hydrogen-bond acceptors (Lipinski definition) is 6. The number of carbonyl (C=O) groups excluding carboxylic acids is 1. The molecule has 1 heterocycles. The summed E-state index contributed by atoms with van der Waals surface area (Å²) in [5.74, 6) is -0.138. The molecule has 2 aromatic rings. The lowest BCUT2D eigenvalue weighted by Crippen LogP contribution is -2.21. The van der Waals surface area contributed by atoms with E-state index >= 15 is 0 Å². The van der Waals surface area contributed by atoms with Crippen LogP contribution >= 0.6 is 12.4 Å². The Morgan fingerprint density at radius 3 is 2.10 bits per heavy atom. The second-order valence-electron chi connectivity index (χ2n) is 6.52. The Bertz CT molecular complexity index is 808. The van der Waals surface area contributed by atoms with E-state index in [9.17, 15) is 19.7 Å². The van der Waals surface area contributed by atoms with Gasteiger partial charge in [-0.2, -0.15) is 0 Å². The summed E-state index contributed by atoms with van der Waals surface area (Å²) in [5.41, 5.74) is 0.998. The van der Waals surface area contributed by atoms with Gasteiger partial charge in [0.05, 0.1) is 11.5 Å². The van der Waals surface area contributed by atoms with Crippen molar-refractivity contribution in [3.8, 4) is 0 Å². The molecule has 1 aliphatic heterocycles. The largest absolute Gasteiger partial charge is 0.505 e. The number of ketones is 1. The highest BCUT2D eigenvalue weighted by Gasteiger charge is 2.11. The smallest absolute Gasteiger partial charge is 0.450 e. The highest BCUT2D eigenvalue weighted by molar-refractivity contribution is 6.09. The molecule has 0 aliphatic carbocycles. The first-order chi connectivity index (χ1) is 14.0. The van der Waals surface area contributed by atoms with Crippen LogP contribution in [0.4, 0.5) is 10.5 Å². The Labute approximate surface area is 181 Å². The van der Waals surface area contributed by atoms with Gasteiger partial charge in [0.2, 0.25) is 0 Å². The first-order valence-corrected chi connectivity index (χ1v) is 9.39. The molecule has 1 saturated heterocycles. The lowest BCUT2D eigenvalue weighted by atomic mass is 10.0. The third kappa shape index (κ3) is 8.59. The van der Waals surface area contributed by atoms with Gasteiger partial charge in [0.15, 0.2) is 5.78 Å². The zero-order chi connectivity index (χ0) is 21.1. The summed E-state index contributed by atoms with van der Waals surface area (Å²) in [6.45, 7) is 3.61. The standard InChI is InChI=1S/C13H9NO3.C8H15NO3.ClH/c15-13(10-4-2-1-3-5-10)11-6-8-12(9-7-11)14(16)17;10-8(11)12-7-3-6-9-4-1-2-5-9;/h1-9H;1-7H2,(H,10,11);1H. The predicted molar refractivity (Wildman–Crippen MR) is 114 cm³/mol. The molecule has 0 unspecified atom stereocenters. The van der Waals surface area contributed by atoms with Gasteiger partial charge in [0.25, 0.3) is 5.69 Å². The van der Waals surface area contributed by atoms with E-state index < -0.39 is 11.1 Å². The molecule has 0 spiro atoms. The minimum atomic E-state index is -1.17. The van der Waals surface area contributed by atoms with Gasteiger partial charge in [-0.1, -0.05) is 30.3 Å². The van der Waals surface area contributed by atoms with E-state index in [1.165, 1.54) is 37.1 Å². The molecule has 9 heteroatoms. The molecule has 0 radical (unpaired) electrons. The molecule has 1 fully saturated rings. The summed E-state index contributed by atoms with van der Waals surface area (Å²) in [6.07, 6.45) is 2.20. The van der Waals surface area contributed by atoms with E-state index in [4.69, 9.17) is 5.11 Å². The molecule has 0 bridgehead atoms. The minimum Gasteiger partial charge on any atom is -0.450 e. The first-order valence-electron chi connectivity index (χ1n) is 9.39. The molecule has 0 saturated carbocycles. The summed E-state index contributed by atoms with van der Waals surface area (Å²) in [7, 11) is 0. The van der Waals surface area contributed by atoms with Crippen LogP contribution in [0.15, 0.2) is 54.6 Å². The Morgan fingerprint density at radius 1 is 1.00 bits per heavy atom. The number of ether oxygens (including phenoxy) is 1. The van der Waals surface area contributed by atoms with E-state index in [-0.39, 0.29) is 23.9 Å². The fourth-order valence-electron chi connectivity index (χ4n) is 2.94. The average Bonchev–Trinajstić information content (AvgIpc) is 3.25. The van der Waals surface area contributed by atoms with Crippen molar-refractivity contribution in [2.75, 3.05) is 26.2 Å². The van der Waals surface area contributed by atoms with Crippen molar-refractivity contribution in [2.24, 2.45) is 0 Å². The molecule has 1 aliphatic rings. The quantitative estimate of drug-likeness (QED) is 0.225. The predicted octanol–water partition coefficient (Wildman–Crippen LogP) is 4.41. The number of carbonyl (C=O) groups is 2. The van der Waals surface area contributed by atoms with Crippen LogP contribution in [-0.4, -0.2) is 53.1 Å². The molecule has 30 heavy (non-hydrogen) atoms. The van der Waals surface area contributed by atoms with Crippen LogP contribution in [0.5, 0.6) is 0 Å². The van der Waals surface area contributed by atoms with Gasteiger partial charge in [0, 0.05) is 29.8 Å². The van der Waals surface area contributed by atoms with Crippen LogP contribution in [0, 0.1) is 10.1 Å². The lowest BCUT2D eigenvalue weighted by Gasteiger charge is -2.13. The molecule has 0 atom stereocenters. The van der Waals surface area contributed by atoms with E-state index in [2.05, 4.69) is 9.64 Å². The number of likely N-dealkylation sites (tertiary alicyclic amines) is 1. The second-order valence-corrected chi connectivity index (χ2v) is 6.52. The van der Waals surface area contributed by atoms with Gasteiger partial charge in [-0.15, -0.1) is 12.4 Å². The minimum absolute atomic E-state index is 0. The highest BCUT2D eigenvalue weighted by Crippen LogP contribution is 2.15. The van der Waals surface area contributed by atoms with Gasteiger partial charge >= 0.3 is 6.16 Å². The SMILES string of the molecule is Cl.O=C(O)OCCCN1CCCC1.O=C(c1ccccc1)c1ccc([N+](=O)[O-])cc1. The van der Waals surface area contributed by atoms with Gasteiger partial charge in [-0.25, -0.2) is 4.79 Å². The van der Waals surface area contributed by atoms with Gasteiger partial charge < -0.3 is 14.7 Å². The Balaban J connectivity index is 0.000000308. The number of halogens is 1. The molecule has 0 aromatic heterocycles. The van der Waals surface area contributed by atoms with E-state index in [0.29, 0.717) is 17.7 Å². The summed E-state index contributed by atoms with van der Waals surface area (Å²) < 4.78 is 4.39. The van der Waals surface area contributed by atoms with Crippen molar-refractivity contribution in [3.63, 3.8) is 0 Å². The van der Waals surface area contributed by atoms with Gasteiger partial charge in [-0.05, 0) is 44.5 Å². The number of hydrogen-bond donors (Lipinski definition) is 1. The van der Waals surface area contributed by atoms with Gasteiger partial charge in [0.1, 0.15) is 0 Å². The molecular formula is C21H25ClN2O6. The first kappa shape index (κ1) is 25.1. The third-order valence-electron chi connectivity index (χ3n) is 4.42. The molecule has 3 rings (SSSR count). The van der Waals surface area contributed by atoms with Crippen LogP contribution < -0.4 is 0 Å². The number of rotatable bonds is 7. The Kier molecular flexibility index (Phi) is 11.1. The fraction of sp³-hybridized carbons (Fsp3) is 0.333. The third-order valence-corrected chi connectivity index (χ3v) is 4.42. The fourth-order valence-corrected chi connectivity index (χ4v) is 2.94. The number of nitro groups is 1. The monoisotopic (exact) mass is 436 g/mol. The molecule has 162 valence electrons. The molecule has 1 N–H and O–H groups in total. The van der Waals surface area contributed by atoms with E-state index in [0.717, 1.165) is 26.1 Å². The molecular weight excluding hydrogens is 412 g/mol. The van der Waals surface area contributed by atoms with Crippen molar-refractivity contribution < 1.29 is 24.4 Å². The van der Waals surface area contributed by atoms with Crippen molar-refractivity contribution in [1.29, 1.82) is 0 Å². The lowest BCUT2D eigenvalue weighted by molar-refractivity contribution is -0.384. The van der Waals surface area contributed by atoms with Crippen LogP contribution in [0.1, 0.15) is 35.2 Å². The summed E-state index contributed by atoms with van der Waals surface area (Å²) in [6, 6.07) is 14.4. The number of benzene rings is 2. The highest BCUT2D eigenvalue weighted by atomic mass is 35.5. The Morgan fingerprint density at radius 2 is 1.57 bits per heavy atom. The van der Waals surface area contributed by atoms with Crippen LogP contribution in [0.2, 0.25) is 0 Å². The zero-order valence-corrected chi connectivity index (χ0v) is 17.3. The molecule has 2 aromatic carbocycles. The molecule has 0 amide bonds. The summed E-state index contributed by atoms with van der Waals surface area (Å²) in [4.78, 5) is 34.2. The van der Waals surface area contributed by atoms with Gasteiger partial charge in [-0.3, -0.25) is 14.9 Å². The van der Waals surface area contributed by atoms with Crippen molar-refractivity contribution in [1.82, 2.24) is 4.90 Å². The second kappa shape index (κ2) is 13.3. The Hall–Kier alpha value is -2.97. The summed E-state index contributed by atoms with van der Waals surface area (Å²) in [5, 5.41) is 18.6. The maximum absolute atomic E-state index is 12.0. The number of carboxylic acid groups (broad SMARTS) is 1. The van der Waals surface area contributed by atoms with Crippen molar-refractivity contribution >= 4 is 30.0 Å². The van der Waals surface area contributed by atoms with Crippen molar-refractivity contribution in [3.05, 3.63) is 75.8 Å². The maximum atomic E-state index is 12.0. The van der Waals surface area contributed by atoms with Crippen molar-refractivity contribution in [2.45, 2.75) is 19.3 Å². The summed E-state index contributed by atoms with van der Waals surface area (Å²) >= 11 is 0. The van der Waals surface area contributed by atoms with E-state index in [1.807, 2.05) is 6.07 Å². The van der Waals surface area contributed by atoms with Crippen LogP contribution in [-0.2, 0) is 4.74 Å². The molecule has 8 nitrogen and oxygen atoms in total. The normalized spacial score (nSPS) is 12.8. The average molecular weight is 437 g/mol. The zero-order valence-electron chi connectivity index (χ0n) is 16.4. The number of nitrogens with zero attached hydrogens (tertiary/aromatic N) is 2. The number of nitro benzene ring substituents is 1. The van der Waals surface area contributed by atoms with Crippen LogP contribution in [0.25, 0.3) is 0 Å².